The Kier molecular flexibility index (Phi) is 6.35. The maximum atomic E-state index is 9.87. The summed E-state index contributed by atoms with van der Waals surface area (Å²) >= 11 is 0. The normalized spacial score (nSPS) is 15.0. The average molecular weight is 393 g/mol. The smallest absolute Gasteiger partial charge is 0.474 e. The molecular formula is C20H20BN3O5. The van der Waals surface area contributed by atoms with Crippen LogP contribution in [-0.4, -0.2) is 36.4 Å². The molecule has 0 amide bonds. The second kappa shape index (κ2) is 8.93. The predicted molar refractivity (Wildman–Crippen MR) is 104 cm³/mol. The molecule has 0 saturated heterocycles. The third kappa shape index (κ3) is 4.66. The lowest BCUT2D eigenvalue weighted by atomic mass is 9.79. The maximum absolute atomic E-state index is 9.87. The topological polar surface area (TPSA) is 118 Å². The van der Waals surface area contributed by atoms with E-state index in [1.807, 2.05) is 32.9 Å². The molecule has 1 aliphatic rings. The number of ether oxygens (including phenoxy) is 3. The first-order chi connectivity index (χ1) is 13.9. The van der Waals surface area contributed by atoms with Crippen molar-refractivity contribution >= 4 is 12.6 Å². The summed E-state index contributed by atoms with van der Waals surface area (Å²) in [5.41, 5.74) is 1.71. The van der Waals surface area contributed by atoms with Gasteiger partial charge < -0.3 is 23.9 Å². The zero-order chi connectivity index (χ0) is 21.0. The van der Waals surface area contributed by atoms with Gasteiger partial charge >= 0.3 is 7.12 Å². The largest absolute Gasteiger partial charge is 0.491 e. The van der Waals surface area contributed by atoms with E-state index in [0.717, 1.165) is 5.56 Å². The van der Waals surface area contributed by atoms with Crippen molar-refractivity contribution < 1.29 is 23.9 Å². The minimum absolute atomic E-state index is 0.0262. The van der Waals surface area contributed by atoms with Gasteiger partial charge in [0.2, 0.25) is 11.8 Å². The van der Waals surface area contributed by atoms with E-state index in [1.165, 1.54) is 6.07 Å². The van der Waals surface area contributed by atoms with Gasteiger partial charge in [0.25, 0.3) is 0 Å². The summed E-state index contributed by atoms with van der Waals surface area (Å²) in [4.78, 5) is 4.23. The Bertz CT molecular complexity index is 983. The molecule has 0 aliphatic carbocycles. The molecule has 1 unspecified atom stereocenters. The van der Waals surface area contributed by atoms with Crippen molar-refractivity contribution in [2.75, 3.05) is 13.2 Å². The van der Waals surface area contributed by atoms with Gasteiger partial charge in [0.1, 0.15) is 35.6 Å². The van der Waals surface area contributed by atoms with E-state index in [9.17, 15) is 15.5 Å². The highest BCUT2D eigenvalue weighted by molar-refractivity contribution is 6.61. The van der Waals surface area contributed by atoms with E-state index >= 15 is 0 Å². The number of pyridine rings is 1. The molecule has 0 fully saturated rings. The summed E-state index contributed by atoms with van der Waals surface area (Å²) in [6.07, 6.45) is -0.223. The zero-order valence-electron chi connectivity index (χ0n) is 16.4. The first-order valence-electron chi connectivity index (χ1n) is 9.17. The number of rotatable bonds is 7. The van der Waals surface area contributed by atoms with Crippen molar-refractivity contribution in [3.05, 3.63) is 41.0 Å². The monoisotopic (exact) mass is 393 g/mol. The average Bonchev–Trinajstić information content (AvgIpc) is 2.98. The van der Waals surface area contributed by atoms with Crippen LogP contribution in [0.4, 0.5) is 0 Å². The summed E-state index contributed by atoms with van der Waals surface area (Å²) in [5.74, 6) is 0.525. The fourth-order valence-electron chi connectivity index (χ4n) is 2.90. The van der Waals surface area contributed by atoms with Crippen LogP contribution in [0.25, 0.3) is 0 Å². The summed E-state index contributed by atoms with van der Waals surface area (Å²) < 4.78 is 22.1. The molecule has 29 heavy (non-hydrogen) atoms. The number of hydrogen-bond donors (Lipinski definition) is 1. The van der Waals surface area contributed by atoms with E-state index in [2.05, 4.69) is 4.98 Å². The van der Waals surface area contributed by atoms with Gasteiger partial charge in [0, 0.05) is 0 Å². The maximum Gasteiger partial charge on any atom is 0.491 e. The predicted octanol–water partition coefficient (Wildman–Crippen LogP) is 2.20. The number of nitrogens with zero attached hydrogens (tertiary/aromatic N) is 3. The molecule has 0 saturated carbocycles. The first-order valence-corrected chi connectivity index (χ1v) is 9.17. The van der Waals surface area contributed by atoms with Crippen LogP contribution in [0.15, 0.2) is 24.3 Å². The number of hydrogen-bond acceptors (Lipinski definition) is 8. The second-order valence-corrected chi connectivity index (χ2v) is 6.71. The van der Waals surface area contributed by atoms with Crippen molar-refractivity contribution in [2.24, 2.45) is 0 Å². The summed E-state index contributed by atoms with van der Waals surface area (Å²) in [5, 5.41) is 28.6. The highest BCUT2D eigenvalue weighted by atomic mass is 16.5. The van der Waals surface area contributed by atoms with Crippen LogP contribution in [0.5, 0.6) is 17.5 Å². The summed E-state index contributed by atoms with van der Waals surface area (Å²) in [7, 11) is -0.968. The minimum Gasteiger partial charge on any atom is -0.474 e. The van der Waals surface area contributed by atoms with Crippen LogP contribution < -0.4 is 14.9 Å². The lowest BCUT2D eigenvalue weighted by molar-refractivity contribution is 0.0541. The molecule has 148 valence electrons. The van der Waals surface area contributed by atoms with Gasteiger partial charge in [0.05, 0.1) is 18.8 Å². The minimum atomic E-state index is -0.968. The van der Waals surface area contributed by atoms with E-state index in [4.69, 9.17) is 18.9 Å². The standard InChI is InChI=1S/C20H20BN3O5/c1-12(2)26-6-7-27-19-14(10-22)8-15(11-23)20(24-19)28-16-4-5-18-17(9-16)13(3)29-21(18)25/h4-5,8-9,12-13,25H,6-7H2,1-3H3. The van der Waals surface area contributed by atoms with Crippen molar-refractivity contribution in [1.29, 1.82) is 10.5 Å². The van der Waals surface area contributed by atoms with E-state index in [0.29, 0.717) is 17.8 Å². The van der Waals surface area contributed by atoms with Gasteiger partial charge in [-0.15, -0.1) is 0 Å². The van der Waals surface area contributed by atoms with Gasteiger partial charge in [-0.05, 0) is 50.0 Å². The molecule has 1 aromatic carbocycles. The summed E-state index contributed by atoms with van der Waals surface area (Å²) in [6.45, 7) is 6.19. The zero-order valence-corrected chi connectivity index (χ0v) is 16.4. The molecule has 1 atom stereocenters. The fourth-order valence-corrected chi connectivity index (χ4v) is 2.90. The number of benzene rings is 1. The third-order valence-corrected chi connectivity index (χ3v) is 4.28. The van der Waals surface area contributed by atoms with E-state index in [-0.39, 0.29) is 41.7 Å². The highest BCUT2D eigenvalue weighted by Gasteiger charge is 2.32. The van der Waals surface area contributed by atoms with Gasteiger partial charge in [-0.1, -0.05) is 6.07 Å². The van der Waals surface area contributed by atoms with Crippen LogP contribution in [0, 0.1) is 22.7 Å². The lowest BCUT2D eigenvalue weighted by Gasteiger charge is -2.13. The molecule has 0 bridgehead atoms. The Hall–Kier alpha value is -3.11. The molecule has 0 spiro atoms. The molecule has 2 heterocycles. The van der Waals surface area contributed by atoms with Crippen LogP contribution in [0.1, 0.15) is 43.6 Å². The van der Waals surface area contributed by atoms with Crippen molar-refractivity contribution in [1.82, 2.24) is 4.98 Å². The third-order valence-electron chi connectivity index (χ3n) is 4.28. The first kappa shape index (κ1) is 20.6. The molecular weight excluding hydrogens is 373 g/mol. The Morgan fingerprint density at radius 2 is 1.90 bits per heavy atom. The number of fused-ring (bicyclic) bond motifs is 1. The van der Waals surface area contributed by atoms with Gasteiger partial charge in [-0.25, -0.2) is 0 Å². The van der Waals surface area contributed by atoms with Gasteiger partial charge in [0.15, 0.2) is 0 Å². The SMILES string of the molecule is CC(C)OCCOc1nc(Oc2ccc3c(c2)C(C)OB3O)c(C#N)cc1C#N. The molecule has 0 radical (unpaired) electrons. The fraction of sp³-hybridized carbons (Fsp3) is 0.350. The number of aromatic nitrogens is 1. The Morgan fingerprint density at radius 1 is 1.17 bits per heavy atom. The van der Waals surface area contributed by atoms with Gasteiger partial charge in [-0.2, -0.15) is 15.5 Å². The molecule has 1 aliphatic heterocycles. The molecule has 1 aromatic heterocycles. The van der Waals surface area contributed by atoms with Crippen molar-refractivity contribution in [3.8, 4) is 29.6 Å². The lowest BCUT2D eigenvalue weighted by Crippen LogP contribution is -2.27. The van der Waals surface area contributed by atoms with Crippen molar-refractivity contribution in [3.63, 3.8) is 0 Å². The second-order valence-electron chi connectivity index (χ2n) is 6.71. The van der Waals surface area contributed by atoms with E-state index < -0.39 is 7.12 Å². The van der Waals surface area contributed by atoms with Crippen LogP contribution >= 0.6 is 0 Å². The Morgan fingerprint density at radius 3 is 2.59 bits per heavy atom. The molecule has 2 aromatic rings. The molecule has 9 heteroatoms. The number of nitriles is 2. The Balaban J connectivity index is 1.85. The van der Waals surface area contributed by atoms with Crippen LogP contribution in [0.2, 0.25) is 0 Å². The summed E-state index contributed by atoms with van der Waals surface area (Å²) in [6, 6.07) is 10.4. The van der Waals surface area contributed by atoms with Crippen LogP contribution in [0.3, 0.4) is 0 Å². The van der Waals surface area contributed by atoms with E-state index in [1.54, 1.807) is 18.2 Å². The molecule has 8 nitrogen and oxygen atoms in total. The Labute approximate surface area is 169 Å². The highest BCUT2D eigenvalue weighted by Crippen LogP contribution is 2.31. The molecule has 3 rings (SSSR count). The van der Waals surface area contributed by atoms with Gasteiger partial charge in [-0.3, -0.25) is 0 Å². The molecule has 1 N–H and O–H groups in total. The van der Waals surface area contributed by atoms with Crippen molar-refractivity contribution in [2.45, 2.75) is 33.0 Å². The quantitative estimate of drug-likeness (QED) is 0.562. The van der Waals surface area contributed by atoms with Crippen LogP contribution in [-0.2, 0) is 9.39 Å².